The number of benzene rings is 4. The van der Waals surface area contributed by atoms with Gasteiger partial charge in [0.1, 0.15) is 11.4 Å². The summed E-state index contributed by atoms with van der Waals surface area (Å²) in [6.07, 6.45) is 1.92. The molecule has 1 unspecified atom stereocenters. The number of amides is 2. The predicted molar refractivity (Wildman–Crippen MR) is 144 cm³/mol. The molecule has 37 heavy (non-hydrogen) atoms. The zero-order chi connectivity index (χ0) is 25.5. The number of hydrogen-bond donors (Lipinski definition) is 0. The van der Waals surface area contributed by atoms with E-state index in [0.29, 0.717) is 11.1 Å². The monoisotopic (exact) mass is 487 g/mol. The van der Waals surface area contributed by atoms with E-state index in [9.17, 15) is 9.59 Å². The summed E-state index contributed by atoms with van der Waals surface area (Å²) in [5, 5.41) is 2.18. The SMILES string of the molecule is CN1c2ccc(CN3C(=O)c4ccccc4C3=O)cc2C(C)(C)C12C=Nc1c(ccc3ccccc13)O2. The minimum atomic E-state index is -0.821. The number of hydrogen-bond acceptors (Lipinski definition) is 5. The van der Waals surface area contributed by atoms with E-state index < -0.39 is 11.1 Å². The van der Waals surface area contributed by atoms with Crippen LogP contribution >= 0.6 is 0 Å². The Morgan fingerprint density at radius 1 is 0.865 bits per heavy atom. The van der Waals surface area contributed by atoms with E-state index in [2.05, 4.69) is 43.0 Å². The first-order valence-electron chi connectivity index (χ1n) is 12.4. The second-order valence-corrected chi connectivity index (χ2v) is 10.5. The van der Waals surface area contributed by atoms with Gasteiger partial charge in [-0.3, -0.25) is 19.5 Å². The van der Waals surface area contributed by atoms with Crippen LogP contribution in [0.5, 0.6) is 5.75 Å². The Bertz CT molecular complexity index is 1650. The van der Waals surface area contributed by atoms with Crippen molar-refractivity contribution in [2.45, 2.75) is 31.5 Å². The van der Waals surface area contributed by atoms with Crippen LogP contribution in [0.2, 0.25) is 0 Å². The molecule has 1 atom stereocenters. The number of imide groups is 1. The molecule has 2 amide bonds. The van der Waals surface area contributed by atoms with E-state index in [1.807, 2.05) is 43.6 Å². The smallest absolute Gasteiger partial charge is 0.261 e. The third-order valence-corrected chi connectivity index (χ3v) is 8.21. The number of ether oxygens (including phenoxy) is 1. The van der Waals surface area contributed by atoms with E-state index in [1.165, 1.54) is 4.90 Å². The number of carbonyl (C=O) groups excluding carboxylic acids is 2. The summed E-state index contributed by atoms with van der Waals surface area (Å²) in [6.45, 7) is 4.52. The molecule has 0 aromatic heterocycles. The standard InChI is InChI=1S/C31H25N3O3/c1-30(2)24-16-19(17-34-28(35)22-10-6-7-11-23(22)29(34)36)12-14-25(24)33(3)31(30)18-32-27-21-9-5-4-8-20(21)13-15-26(27)37-31/h4-16,18H,17H2,1-3H3. The molecule has 0 saturated carbocycles. The number of likely N-dealkylation sites (N-methyl/N-ethyl adjacent to an activating group) is 1. The van der Waals surface area contributed by atoms with Crippen molar-refractivity contribution in [1.82, 2.24) is 4.90 Å². The maximum atomic E-state index is 12.9. The minimum absolute atomic E-state index is 0.218. The number of anilines is 1. The molecule has 0 bridgehead atoms. The van der Waals surface area contributed by atoms with Gasteiger partial charge in [0.05, 0.1) is 29.3 Å². The highest BCUT2D eigenvalue weighted by molar-refractivity contribution is 6.21. The van der Waals surface area contributed by atoms with Gasteiger partial charge in [0.25, 0.3) is 11.8 Å². The molecule has 4 aromatic carbocycles. The number of aliphatic imine (C=N–C) groups is 1. The Morgan fingerprint density at radius 3 is 2.32 bits per heavy atom. The first-order chi connectivity index (χ1) is 17.8. The summed E-state index contributed by atoms with van der Waals surface area (Å²) in [5.41, 5.74) is 3.49. The van der Waals surface area contributed by atoms with Crippen molar-refractivity contribution in [1.29, 1.82) is 0 Å². The van der Waals surface area contributed by atoms with Crippen LogP contribution in [-0.2, 0) is 12.0 Å². The van der Waals surface area contributed by atoms with Gasteiger partial charge in [0.2, 0.25) is 5.72 Å². The zero-order valence-corrected chi connectivity index (χ0v) is 20.9. The average molecular weight is 488 g/mol. The molecule has 3 aliphatic rings. The Labute approximate surface area is 214 Å². The minimum Gasteiger partial charge on any atom is -0.459 e. The van der Waals surface area contributed by atoms with Gasteiger partial charge in [-0.2, -0.15) is 0 Å². The first kappa shape index (κ1) is 21.8. The van der Waals surface area contributed by atoms with Gasteiger partial charge in [-0.25, -0.2) is 0 Å². The molecule has 0 radical (unpaired) electrons. The van der Waals surface area contributed by atoms with E-state index in [0.717, 1.165) is 39.0 Å². The van der Waals surface area contributed by atoms with Crippen LogP contribution in [-0.4, -0.2) is 35.7 Å². The van der Waals surface area contributed by atoms with Crippen LogP contribution in [0.4, 0.5) is 11.4 Å². The third-order valence-electron chi connectivity index (χ3n) is 8.21. The van der Waals surface area contributed by atoms with Crippen molar-refractivity contribution in [2.75, 3.05) is 11.9 Å². The molecule has 6 nitrogen and oxygen atoms in total. The van der Waals surface area contributed by atoms with Crippen molar-refractivity contribution in [2.24, 2.45) is 4.99 Å². The fraction of sp³-hybridized carbons (Fsp3) is 0.194. The molecule has 3 heterocycles. The van der Waals surface area contributed by atoms with Crippen LogP contribution < -0.4 is 9.64 Å². The fourth-order valence-corrected chi connectivity index (χ4v) is 6.07. The van der Waals surface area contributed by atoms with Crippen LogP contribution in [0, 0.1) is 0 Å². The predicted octanol–water partition coefficient (Wildman–Crippen LogP) is 5.85. The van der Waals surface area contributed by atoms with Crippen molar-refractivity contribution < 1.29 is 14.3 Å². The maximum Gasteiger partial charge on any atom is 0.261 e. The molecule has 3 aliphatic heterocycles. The highest BCUT2D eigenvalue weighted by Crippen LogP contribution is 2.54. The van der Waals surface area contributed by atoms with E-state index in [-0.39, 0.29) is 18.4 Å². The highest BCUT2D eigenvalue weighted by atomic mass is 16.5. The Balaban J connectivity index is 1.25. The molecular formula is C31H25N3O3. The molecule has 4 aromatic rings. The molecule has 0 fully saturated rings. The summed E-state index contributed by atoms with van der Waals surface area (Å²) in [4.78, 5) is 34.3. The molecule has 1 spiro atoms. The lowest BCUT2D eigenvalue weighted by Crippen LogP contribution is -2.61. The zero-order valence-electron chi connectivity index (χ0n) is 20.9. The van der Waals surface area contributed by atoms with Gasteiger partial charge in [0.15, 0.2) is 0 Å². The fourth-order valence-electron chi connectivity index (χ4n) is 6.07. The number of rotatable bonds is 2. The number of nitrogens with zero attached hydrogens (tertiary/aromatic N) is 3. The van der Waals surface area contributed by atoms with Crippen LogP contribution in [0.15, 0.2) is 83.9 Å². The van der Waals surface area contributed by atoms with Gasteiger partial charge >= 0.3 is 0 Å². The van der Waals surface area contributed by atoms with Crippen LogP contribution in [0.1, 0.15) is 45.7 Å². The Morgan fingerprint density at radius 2 is 1.57 bits per heavy atom. The maximum absolute atomic E-state index is 12.9. The van der Waals surface area contributed by atoms with Crippen LogP contribution in [0.25, 0.3) is 10.8 Å². The molecule has 0 aliphatic carbocycles. The van der Waals surface area contributed by atoms with Crippen molar-refractivity contribution in [3.63, 3.8) is 0 Å². The summed E-state index contributed by atoms with van der Waals surface area (Å²) >= 11 is 0. The first-order valence-corrected chi connectivity index (χ1v) is 12.4. The molecule has 0 saturated heterocycles. The highest BCUT2D eigenvalue weighted by Gasteiger charge is 2.58. The number of fused-ring (bicyclic) bond motifs is 5. The summed E-state index contributed by atoms with van der Waals surface area (Å²) < 4.78 is 6.81. The van der Waals surface area contributed by atoms with Crippen molar-refractivity contribution >= 4 is 40.2 Å². The molecular weight excluding hydrogens is 462 g/mol. The lowest BCUT2D eigenvalue weighted by molar-refractivity contribution is 0.0642. The topological polar surface area (TPSA) is 62.2 Å². The van der Waals surface area contributed by atoms with Crippen molar-refractivity contribution in [3.05, 3.63) is 101 Å². The molecule has 7 rings (SSSR count). The molecule has 0 N–H and O–H groups in total. The largest absolute Gasteiger partial charge is 0.459 e. The average Bonchev–Trinajstić information content (AvgIpc) is 3.24. The van der Waals surface area contributed by atoms with Gasteiger partial charge < -0.3 is 9.64 Å². The van der Waals surface area contributed by atoms with E-state index in [1.54, 1.807) is 24.3 Å². The van der Waals surface area contributed by atoms with Gasteiger partial charge in [-0.1, -0.05) is 54.6 Å². The normalized spacial score (nSPS) is 20.8. The lowest BCUT2D eigenvalue weighted by atomic mass is 9.77. The lowest BCUT2D eigenvalue weighted by Gasteiger charge is -2.45. The van der Waals surface area contributed by atoms with Crippen LogP contribution in [0.3, 0.4) is 0 Å². The van der Waals surface area contributed by atoms with E-state index in [4.69, 9.17) is 9.73 Å². The van der Waals surface area contributed by atoms with Gasteiger partial charge in [-0.15, -0.1) is 0 Å². The Kier molecular flexibility index (Phi) is 4.30. The molecule has 182 valence electrons. The summed E-state index contributed by atoms with van der Waals surface area (Å²) in [7, 11) is 2.02. The third kappa shape index (κ3) is 2.78. The summed E-state index contributed by atoms with van der Waals surface area (Å²) in [5.74, 6) is 0.251. The molecule has 6 heteroatoms. The number of carbonyl (C=O) groups is 2. The van der Waals surface area contributed by atoms with Gasteiger partial charge in [-0.05, 0) is 54.6 Å². The second kappa shape index (κ2) is 7.29. The van der Waals surface area contributed by atoms with Crippen molar-refractivity contribution in [3.8, 4) is 5.75 Å². The summed E-state index contributed by atoms with van der Waals surface area (Å²) in [6, 6.07) is 25.4. The quantitative estimate of drug-likeness (QED) is 0.333. The van der Waals surface area contributed by atoms with Gasteiger partial charge in [0, 0.05) is 18.1 Å². The second-order valence-electron chi connectivity index (χ2n) is 10.5. The van der Waals surface area contributed by atoms with E-state index >= 15 is 0 Å². The Hall–Kier alpha value is -4.45.